The maximum atomic E-state index is 12.8. The van der Waals surface area contributed by atoms with Gasteiger partial charge in [0.1, 0.15) is 5.69 Å². The number of morpholine rings is 1. The fourth-order valence-electron chi connectivity index (χ4n) is 4.37. The molecule has 2 aromatic heterocycles. The van der Waals surface area contributed by atoms with Crippen molar-refractivity contribution in [3.63, 3.8) is 0 Å². The first-order valence-corrected chi connectivity index (χ1v) is 10.5. The van der Waals surface area contributed by atoms with Gasteiger partial charge in [-0.3, -0.25) is 9.89 Å². The molecule has 2 aliphatic carbocycles. The molecule has 5 rings (SSSR count). The second-order valence-electron chi connectivity index (χ2n) is 9.23. The maximum absolute atomic E-state index is 12.8. The van der Waals surface area contributed by atoms with E-state index in [1.165, 1.54) is 12.8 Å². The fraction of sp³-hybridized carbons (Fsp3) is 0.619. The molecule has 8 nitrogen and oxygen atoms in total. The van der Waals surface area contributed by atoms with E-state index in [2.05, 4.69) is 39.2 Å². The zero-order valence-corrected chi connectivity index (χ0v) is 17.1. The van der Waals surface area contributed by atoms with Gasteiger partial charge >= 0.3 is 0 Å². The Hall–Kier alpha value is -2.48. The predicted octanol–water partition coefficient (Wildman–Crippen LogP) is 2.36. The van der Waals surface area contributed by atoms with Crippen molar-refractivity contribution >= 4 is 11.9 Å². The number of nitrogens with one attached hydrogen (secondary N) is 2. The third kappa shape index (κ3) is 3.85. The number of carbonyl (C=O) groups is 1. The highest BCUT2D eigenvalue weighted by Gasteiger charge is 2.35. The van der Waals surface area contributed by atoms with Crippen molar-refractivity contribution < 1.29 is 9.53 Å². The van der Waals surface area contributed by atoms with Crippen LogP contribution >= 0.6 is 0 Å². The summed E-state index contributed by atoms with van der Waals surface area (Å²) in [5.74, 6) is 1.17. The molecule has 0 aromatic carbocycles. The van der Waals surface area contributed by atoms with Crippen LogP contribution in [0.2, 0.25) is 0 Å². The van der Waals surface area contributed by atoms with Gasteiger partial charge in [0.05, 0.1) is 24.9 Å². The SMILES string of the molecule is CC1(C)Cc2nc(N3CCOCC3)ncc2C(NC(=O)c2cc(C3CC3)[nH]n2)C1. The van der Waals surface area contributed by atoms with Gasteiger partial charge in [-0.25, -0.2) is 9.97 Å². The van der Waals surface area contributed by atoms with Crippen molar-refractivity contribution in [3.8, 4) is 0 Å². The third-order valence-electron chi connectivity index (χ3n) is 6.11. The van der Waals surface area contributed by atoms with Gasteiger partial charge in [0.15, 0.2) is 0 Å². The van der Waals surface area contributed by atoms with E-state index in [9.17, 15) is 4.79 Å². The van der Waals surface area contributed by atoms with Crippen LogP contribution in [0.4, 0.5) is 5.95 Å². The molecule has 0 radical (unpaired) electrons. The third-order valence-corrected chi connectivity index (χ3v) is 6.11. The average molecular weight is 396 g/mol. The Labute approximate surface area is 170 Å². The molecular formula is C21H28N6O2. The van der Waals surface area contributed by atoms with Crippen LogP contribution in [0, 0.1) is 5.41 Å². The maximum Gasteiger partial charge on any atom is 0.272 e. The highest BCUT2D eigenvalue weighted by atomic mass is 16.5. The summed E-state index contributed by atoms with van der Waals surface area (Å²) in [4.78, 5) is 24.5. The molecule has 1 amide bonds. The second kappa shape index (κ2) is 7.09. The largest absolute Gasteiger partial charge is 0.378 e. The number of rotatable bonds is 4. The molecule has 1 unspecified atom stereocenters. The Morgan fingerprint density at radius 2 is 2.10 bits per heavy atom. The molecular weight excluding hydrogens is 368 g/mol. The van der Waals surface area contributed by atoms with Crippen molar-refractivity contribution in [3.05, 3.63) is 34.9 Å². The fourth-order valence-corrected chi connectivity index (χ4v) is 4.37. The number of hydrogen-bond donors (Lipinski definition) is 2. The van der Waals surface area contributed by atoms with Crippen molar-refractivity contribution in [1.29, 1.82) is 0 Å². The van der Waals surface area contributed by atoms with E-state index < -0.39 is 0 Å². The van der Waals surface area contributed by atoms with Gasteiger partial charge < -0.3 is 15.0 Å². The lowest BCUT2D eigenvalue weighted by molar-refractivity contribution is 0.0913. The molecule has 2 N–H and O–H groups in total. The Kier molecular flexibility index (Phi) is 4.53. The molecule has 1 aliphatic heterocycles. The minimum absolute atomic E-state index is 0.0479. The second-order valence-corrected chi connectivity index (χ2v) is 9.23. The van der Waals surface area contributed by atoms with Gasteiger partial charge in [-0.1, -0.05) is 13.8 Å². The summed E-state index contributed by atoms with van der Waals surface area (Å²) in [6.07, 6.45) is 5.98. The quantitative estimate of drug-likeness (QED) is 0.824. The number of H-pyrrole nitrogens is 1. The molecule has 1 atom stereocenters. The van der Waals surface area contributed by atoms with Crippen LogP contribution in [-0.2, 0) is 11.2 Å². The number of fused-ring (bicyclic) bond motifs is 1. The van der Waals surface area contributed by atoms with Crippen molar-refractivity contribution in [2.75, 3.05) is 31.2 Å². The zero-order chi connectivity index (χ0) is 20.0. The summed E-state index contributed by atoms with van der Waals surface area (Å²) in [6.45, 7) is 7.49. The van der Waals surface area contributed by atoms with E-state index in [-0.39, 0.29) is 17.4 Å². The number of aromatic nitrogens is 4. The summed E-state index contributed by atoms with van der Waals surface area (Å²) < 4.78 is 5.44. The van der Waals surface area contributed by atoms with Crippen LogP contribution in [0.5, 0.6) is 0 Å². The number of hydrogen-bond acceptors (Lipinski definition) is 6. The zero-order valence-electron chi connectivity index (χ0n) is 17.1. The lowest BCUT2D eigenvalue weighted by atomic mass is 9.74. The monoisotopic (exact) mass is 396 g/mol. The lowest BCUT2D eigenvalue weighted by Crippen LogP contribution is -2.39. The van der Waals surface area contributed by atoms with Crippen LogP contribution in [0.3, 0.4) is 0 Å². The number of carbonyl (C=O) groups excluding carboxylic acids is 1. The molecule has 3 aliphatic rings. The van der Waals surface area contributed by atoms with Crippen molar-refractivity contribution in [1.82, 2.24) is 25.5 Å². The van der Waals surface area contributed by atoms with Gasteiger partial charge in [0.25, 0.3) is 5.91 Å². The van der Waals surface area contributed by atoms with E-state index in [0.29, 0.717) is 24.8 Å². The molecule has 8 heteroatoms. The van der Waals surface area contributed by atoms with Crippen molar-refractivity contribution in [2.45, 2.75) is 51.5 Å². The Balaban J connectivity index is 1.37. The van der Waals surface area contributed by atoms with E-state index in [4.69, 9.17) is 9.72 Å². The van der Waals surface area contributed by atoms with Gasteiger partial charge in [0.2, 0.25) is 5.95 Å². The molecule has 0 bridgehead atoms. The number of aromatic amines is 1. The average Bonchev–Trinajstić information content (AvgIpc) is 3.43. The molecule has 29 heavy (non-hydrogen) atoms. The minimum Gasteiger partial charge on any atom is -0.378 e. The van der Waals surface area contributed by atoms with Crippen molar-refractivity contribution in [2.24, 2.45) is 5.41 Å². The summed E-state index contributed by atoms with van der Waals surface area (Å²) >= 11 is 0. The van der Waals surface area contributed by atoms with Crippen LogP contribution in [-0.4, -0.2) is 52.4 Å². The summed E-state index contributed by atoms with van der Waals surface area (Å²) in [6, 6.07) is 1.78. The molecule has 3 heterocycles. The predicted molar refractivity (Wildman–Crippen MR) is 108 cm³/mol. The van der Waals surface area contributed by atoms with Crippen LogP contribution in [0.25, 0.3) is 0 Å². The normalized spacial score (nSPS) is 23.5. The minimum atomic E-state index is -0.140. The van der Waals surface area contributed by atoms with E-state index in [0.717, 1.165) is 48.8 Å². The number of nitrogens with zero attached hydrogens (tertiary/aromatic N) is 4. The molecule has 2 fully saturated rings. The first-order chi connectivity index (χ1) is 14.0. The molecule has 2 aromatic rings. The van der Waals surface area contributed by atoms with Gasteiger partial charge in [0, 0.05) is 36.5 Å². The van der Waals surface area contributed by atoms with Crippen LogP contribution < -0.4 is 10.2 Å². The van der Waals surface area contributed by atoms with Gasteiger partial charge in [-0.15, -0.1) is 0 Å². The highest BCUT2D eigenvalue weighted by Crippen LogP contribution is 2.41. The molecule has 1 saturated carbocycles. The standard InChI is InChI=1S/C21H28N6O2/c1-21(2)10-17(23-19(28)16-9-15(25-26-16)13-3-4-13)14-12-22-20(24-18(14)11-21)27-5-7-29-8-6-27/h9,12-13,17H,3-8,10-11H2,1-2H3,(H,23,28)(H,25,26). The summed E-state index contributed by atoms with van der Waals surface area (Å²) in [5, 5.41) is 10.4. The molecule has 154 valence electrons. The number of anilines is 1. The van der Waals surface area contributed by atoms with E-state index in [1.54, 1.807) is 0 Å². The first-order valence-electron chi connectivity index (χ1n) is 10.5. The Morgan fingerprint density at radius 1 is 1.31 bits per heavy atom. The summed E-state index contributed by atoms with van der Waals surface area (Å²) in [7, 11) is 0. The lowest BCUT2D eigenvalue weighted by Gasteiger charge is -2.37. The smallest absolute Gasteiger partial charge is 0.272 e. The van der Waals surface area contributed by atoms with Crippen LogP contribution in [0.15, 0.2) is 12.3 Å². The summed E-state index contributed by atoms with van der Waals surface area (Å²) in [5.41, 5.74) is 3.63. The molecule has 1 saturated heterocycles. The number of ether oxygens (including phenoxy) is 1. The van der Waals surface area contributed by atoms with E-state index in [1.807, 2.05) is 12.3 Å². The van der Waals surface area contributed by atoms with Crippen LogP contribution in [0.1, 0.15) is 72.5 Å². The van der Waals surface area contributed by atoms with Gasteiger partial charge in [-0.05, 0) is 37.2 Å². The Bertz CT molecular complexity index is 914. The topological polar surface area (TPSA) is 96.0 Å². The number of amides is 1. The van der Waals surface area contributed by atoms with Gasteiger partial charge in [-0.2, -0.15) is 5.10 Å². The Morgan fingerprint density at radius 3 is 2.86 bits per heavy atom. The first kappa shape index (κ1) is 18.5. The van der Waals surface area contributed by atoms with E-state index >= 15 is 0 Å². The highest BCUT2D eigenvalue weighted by molar-refractivity contribution is 5.92. The molecule has 0 spiro atoms.